The van der Waals surface area contributed by atoms with Crippen LogP contribution < -0.4 is 16.0 Å². The molecule has 0 aliphatic carbocycles. The quantitative estimate of drug-likeness (QED) is 0.233. The number of nitrogens with one attached hydrogen (secondary N) is 3. The van der Waals surface area contributed by atoms with Crippen molar-refractivity contribution in [3.8, 4) is 0 Å². The summed E-state index contributed by atoms with van der Waals surface area (Å²) in [6.45, 7) is 9.14. The number of nitrogens with zero attached hydrogens (tertiary/aromatic N) is 1. The van der Waals surface area contributed by atoms with E-state index in [1.807, 2.05) is 6.92 Å². The van der Waals surface area contributed by atoms with Gasteiger partial charge in [-0.15, -0.1) is 24.0 Å². The first-order valence-electron chi connectivity index (χ1n) is 6.88. The van der Waals surface area contributed by atoms with Gasteiger partial charge in [0.25, 0.3) is 0 Å². The van der Waals surface area contributed by atoms with Crippen LogP contribution in [0.25, 0.3) is 0 Å². The molecule has 0 aromatic carbocycles. The molecule has 0 aliphatic rings. The molecule has 0 saturated carbocycles. The number of hydrogen-bond acceptors (Lipinski definition) is 3. The van der Waals surface area contributed by atoms with E-state index in [1.165, 1.54) is 0 Å². The van der Waals surface area contributed by atoms with Crippen molar-refractivity contribution in [1.82, 2.24) is 16.0 Å². The average molecular weight is 400 g/mol. The minimum atomic E-state index is -0.0990. The van der Waals surface area contributed by atoms with Crippen molar-refractivity contribution in [3.05, 3.63) is 0 Å². The first-order chi connectivity index (χ1) is 9.10. The number of methoxy groups -OCH3 is 1. The van der Waals surface area contributed by atoms with Crippen LogP contribution in [-0.2, 0) is 9.53 Å². The van der Waals surface area contributed by atoms with E-state index in [2.05, 4.69) is 34.8 Å². The van der Waals surface area contributed by atoms with Crippen LogP contribution in [0.3, 0.4) is 0 Å². The summed E-state index contributed by atoms with van der Waals surface area (Å²) < 4.78 is 4.86. The Kier molecular flexibility index (Phi) is 16.1. The van der Waals surface area contributed by atoms with Crippen molar-refractivity contribution in [3.63, 3.8) is 0 Å². The lowest BCUT2D eigenvalue weighted by molar-refractivity contribution is -0.119. The lowest BCUT2D eigenvalue weighted by Crippen LogP contribution is -2.39. The van der Waals surface area contributed by atoms with Crippen LogP contribution in [0.1, 0.15) is 27.2 Å². The second-order valence-corrected chi connectivity index (χ2v) is 4.65. The van der Waals surface area contributed by atoms with Crippen molar-refractivity contribution in [2.24, 2.45) is 10.9 Å². The fraction of sp³-hybridized carbons (Fsp3) is 0.846. The van der Waals surface area contributed by atoms with Crippen LogP contribution in [-0.4, -0.2) is 51.8 Å². The molecule has 20 heavy (non-hydrogen) atoms. The molecule has 0 saturated heterocycles. The van der Waals surface area contributed by atoms with E-state index in [-0.39, 0.29) is 36.4 Å². The van der Waals surface area contributed by atoms with Gasteiger partial charge in [-0.2, -0.15) is 0 Å². The summed E-state index contributed by atoms with van der Waals surface area (Å²) in [6.07, 6.45) is 1.07. The Morgan fingerprint density at radius 1 is 1.20 bits per heavy atom. The zero-order valence-electron chi connectivity index (χ0n) is 13.0. The fourth-order valence-corrected chi connectivity index (χ4v) is 1.32. The topological polar surface area (TPSA) is 74.8 Å². The van der Waals surface area contributed by atoms with Gasteiger partial charge in [0.15, 0.2) is 5.96 Å². The number of aliphatic imine (C=N–C) groups is 1. The van der Waals surface area contributed by atoms with Crippen LogP contribution in [0.15, 0.2) is 4.99 Å². The first-order valence-corrected chi connectivity index (χ1v) is 6.88. The van der Waals surface area contributed by atoms with E-state index in [9.17, 15) is 4.79 Å². The van der Waals surface area contributed by atoms with E-state index < -0.39 is 0 Å². The van der Waals surface area contributed by atoms with Gasteiger partial charge in [0.2, 0.25) is 5.91 Å². The predicted molar refractivity (Wildman–Crippen MR) is 93.7 cm³/mol. The molecule has 0 spiro atoms. The van der Waals surface area contributed by atoms with E-state index in [4.69, 9.17) is 4.74 Å². The number of carbonyl (C=O) groups excluding carboxylic acids is 1. The minimum Gasteiger partial charge on any atom is -0.383 e. The SMILES string of the molecule is CCNC(=NCC(=O)NCCOC)NCCC(C)C.I. The standard InChI is InChI=1S/C13H28N4O2.HI/c1-5-14-13(16-7-6-11(2)3)17-10-12(18)15-8-9-19-4;/h11H,5-10H2,1-4H3,(H,15,18)(H2,14,16,17);1H. The van der Waals surface area contributed by atoms with Crippen LogP contribution in [0, 0.1) is 5.92 Å². The number of halogens is 1. The van der Waals surface area contributed by atoms with Crippen molar-refractivity contribution in [2.45, 2.75) is 27.2 Å². The predicted octanol–water partition coefficient (Wildman–Crippen LogP) is 0.968. The van der Waals surface area contributed by atoms with Gasteiger partial charge in [-0.05, 0) is 19.3 Å². The molecule has 0 atom stereocenters. The van der Waals surface area contributed by atoms with Gasteiger partial charge in [-0.1, -0.05) is 13.8 Å². The molecule has 0 bridgehead atoms. The molecule has 3 N–H and O–H groups in total. The summed E-state index contributed by atoms with van der Waals surface area (Å²) >= 11 is 0. The molecule has 0 unspecified atom stereocenters. The largest absolute Gasteiger partial charge is 0.383 e. The van der Waals surface area contributed by atoms with E-state index in [1.54, 1.807) is 7.11 Å². The Morgan fingerprint density at radius 3 is 2.45 bits per heavy atom. The van der Waals surface area contributed by atoms with Crippen LogP contribution in [0.5, 0.6) is 0 Å². The number of amides is 1. The van der Waals surface area contributed by atoms with Gasteiger partial charge in [0.05, 0.1) is 6.61 Å². The Morgan fingerprint density at radius 2 is 1.90 bits per heavy atom. The second-order valence-electron chi connectivity index (χ2n) is 4.65. The zero-order chi connectivity index (χ0) is 14.5. The summed E-state index contributed by atoms with van der Waals surface area (Å²) in [5.74, 6) is 1.23. The highest BCUT2D eigenvalue weighted by molar-refractivity contribution is 14.0. The normalized spacial score (nSPS) is 10.9. The van der Waals surface area contributed by atoms with Gasteiger partial charge in [0.1, 0.15) is 6.54 Å². The highest BCUT2D eigenvalue weighted by Gasteiger charge is 2.02. The van der Waals surface area contributed by atoms with Gasteiger partial charge in [-0.25, -0.2) is 4.99 Å². The molecule has 0 fully saturated rings. The van der Waals surface area contributed by atoms with E-state index in [0.29, 0.717) is 25.0 Å². The van der Waals surface area contributed by atoms with Crippen LogP contribution >= 0.6 is 24.0 Å². The molecule has 0 aliphatic heterocycles. The summed E-state index contributed by atoms with van der Waals surface area (Å²) in [4.78, 5) is 15.7. The molecule has 0 aromatic rings. The van der Waals surface area contributed by atoms with Crippen molar-refractivity contribution >= 4 is 35.8 Å². The van der Waals surface area contributed by atoms with Gasteiger partial charge < -0.3 is 20.7 Å². The monoisotopic (exact) mass is 400 g/mol. The maximum absolute atomic E-state index is 11.5. The summed E-state index contributed by atoms with van der Waals surface area (Å²) in [6, 6.07) is 0. The molecule has 6 nitrogen and oxygen atoms in total. The zero-order valence-corrected chi connectivity index (χ0v) is 15.3. The van der Waals surface area contributed by atoms with E-state index in [0.717, 1.165) is 19.5 Å². The van der Waals surface area contributed by atoms with Gasteiger partial charge in [0, 0.05) is 26.7 Å². The average Bonchev–Trinajstić information content (AvgIpc) is 2.36. The molecule has 0 radical (unpaired) electrons. The highest BCUT2D eigenvalue weighted by atomic mass is 127. The summed E-state index contributed by atoms with van der Waals surface area (Å²) in [7, 11) is 1.60. The lowest BCUT2D eigenvalue weighted by Gasteiger charge is -2.12. The van der Waals surface area contributed by atoms with Crippen LogP contribution in [0.4, 0.5) is 0 Å². The Labute approximate surface area is 139 Å². The third kappa shape index (κ3) is 13.9. The third-order valence-electron chi connectivity index (χ3n) is 2.37. The third-order valence-corrected chi connectivity index (χ3v) is 2.37. The Hall–Kier alpha value is -0.570. The molecule has 120 valence electrons. The van der Waals surface area contributed by atoms with Crippen molar-refractivity contribution < 1.29 is 9.53 Å². The maximum atomic E-state index is 11.5. The molecule has 0 heterocycles. The smallest absolute Gasteiger partial charge is 0.241 e. The van der Waals surface area contributed by atoms with E-state index >= 15 is 0 Å². The molecule has 0 aromatic heterocycles. The van der Waals surface area contributed by atoms with Gasteiger partial charge in [-0.3, -0.25) is 4.79 Å². The number of ether oxygens (including phenoxy) is 1. The minimum absolute atomic E-state index is 0. The highest BCUT2D eigenvalue weighted by Crippen LogP contribution is 1.95. The lowest BCUT2D eigenvalue weighted by atomic mass is 10.1. The number of carbonyl (C=O) groups is 1. The molecule has 0 rings (SSSR count). The Bertz CT molecular complexity index is 273. The van der Waals surface area contributed by atoms with Crippen LogP contribution in [0.2, 0.25) is 0 Å². The van der Waals surface area contributed by atoms with Crippen molar-refractivity contribution in [1.29, 1.82) is 0 Å². The first kappa shape index (κ1) is 21.7. The summed E-state index contributed by atoms with van der Waals surface area (Å²) in [5, 5.41) is 9.05. The van der Waals surface area contributed by atoms with Gasteiger partial charge >= 0.3 is 0 Å². The molecule has 1 amide bonds. The Balaban J connectivity index is 0. The second kappa shape index (κ2) is 14.8. The fourth-order valence-electron chi connectivity index (χ4n) is 1.32. The number of hydrogen-bond donors (Lipinski definition) is 3. The summed E-state index contributed by atoms with van der Waals surface area (Å²) in [5.41, 5.74) is 0. The molecule has 7 heteroatoms. The number of guanidine groups is 1. The number of rotatable bonds is 9. The van der Waals surface area contributed by atoms with Crippen molar-refractivity contribution in [2.75, 3.05) is 39.9 Å². The molecular weight excluding hydrogens is 371 g/mol. The molecular formula is C13H29IN4O2. The maximum Gasteiger partial charge on any atom is 0.241 e.